The van der Waals surface area contributed by atoms with Crippen molar-refractivity contribution >= 4 is 0 Å². The number of hydrogen-bond acceptors (Lipinski definition) is 1. The fraction of sp³-hybridized carbons (Fsp3) is 1.00. The van der Waals surface area contributed by atoms with E-state index in [4.69, 9.17) is 0 Å². The molecule has 1 nitrogen and oxygen atoms in total. The molecule has 1 aliphatic heterocycles. The molecule has 0 amide bonds. The zero-order valence-corrected chi connectivity index (χ0v) is 8.42. The third-order valence-corrected chi connectivity index (χ3v) is 3.90. The first-order valence-corrected chi connectivity index (χ1v) is 5.49. The number of hydrogen-bond donors (Lipinski definition) is 0. The van der Waals surface area contributed by atoms with Crippen LogP contribution in [0.1, 0.15) is 39.0 Å². The topological polar surface area (TPSA) is 3.24 Å². The molecule has 3 unspecified atom stereocenters. The van der Waals surface area contributed by atoms with Crippen molar-refractivity contribution in [2.75, 3.05) is 13.6 Å². The lowest BCUT2D eigenvalue weighted by Crippen LogP contribution is -2.48. The average Bonchev–Trinajstić information content (AvgIpc) is 2.04. The maximum atomic E-state index is 2.61. The minimum absolute atomic E-state index is 0.924. The van der Waals surface area contributed by atoms with Crippen LogP contribution in [0.15, 0.2) is 0 Å². The maximum Gasteiger partial charge on any atom is 0.0146 e. The molecule has 0 aromatic carbocycles. The Balaban J connectivity index is 2.07. The van der Waals surface area contributed by atoms with Gasteiger partial charge in [0, 0.05) is 6.04 Å². The van der Waals surface area contributed by atoms with E-state index in [1.807, 2.05) is 0 Å². The van der Waals surface area contributed by atoms with Gasteiger partial charge in [-0.1, -0.05) is 13.3 Å². The Labute approximate surface area is 76.1 Å². The lowest BCUT2D eigenvalue weighted by Gasteiger charge is -2.45. The van der Waals surface area contributed by atoms with E-state index in [0.29, 0.717) is 0 Å². The quantitative estimate of drug-likeness (QED) is 0.536. The minimum atomic E-state index is 0.924. The molecule has 1 saturated carbocycles. The highest BCUT2D eigenvalue weighted by molar-refractivity contribution is 4.89. The summed E-state index contributed by atoms with van der Waals surface area (Å²) in [5.74, 6) is 1.99. The van der Waals surface area contributed by atoms with Crippen LogP contribution in [-0.2, 0) is 0 Å². The van der Waals surface area contributed by atoms with E-state index in [1.54, 1.807) is 0 Å². The van der Waals surface area contributed by atoms with Gasteiger partial charge >= 0.3 is 0 Å². The molecular formula is C11H21N. The predicted octanol–water partition coefficient (Wildman–Crippen LogP) is 2.52. The Kier molecular flexibility index (Phi) is 2.40. The number of nitrogens with zero attached hydrogens (tertiary/aromatic N) is 1. The fourth-order valence-corrected chi connectivity index (χ4v) is 3.37. The van der Waals surface area contributed by atoms with Crippen molar-refractivity contribution in [2.45, 2.75) is 45.1 Å². The predicted molar refractivity (Wildman–Crippen MR) is 52.2 cm³/mol. The van der Waals surface area contributed by atoms with Crippen LogP contribution in [0.2, 0.25) is 0 Å². The molecule has 1 heterocycles. The second-order valence-electron chi connectivity index (χ2n) is 4.78. The summed E-state index contributed by atoms with van der Waals surface area (Å²) >= 11 is 0. The van der Waals surface area contributed by atoms with Crippen LogP contribution < -0.4 is 0 Å². The summed E-state index contributed by atoms with van der Waals surface area (Å²) in [6.45, 7) is 3.78. The Morgan fingerprint density at radius 3 is 2.58 bits per heavy atom. The lowest BCUT2D eigenvalue weighted by molar-refractivity contribution is 0.0448. The second kappa shape index (κ2) is 3.37. The van der Waals surface area contributed by atoms with Gasteiger partial charge in [0.1, 0.15) is 0 Å². The first kappa shape index (κ1) is 8.55. The monoisotopic (exact) mass is 167 g/mol. The van der Waals surface area contributed by atoms with Gasteiger partial charge < -0.3 is 4.90 Å². The van der Waals surface area contributed by atoms with Crippen LogP contribution in [0.25, 0.3) is 0 Å². The van der Waals surface area contributed by atoms with Gasteiger partial charge in [0.25, 0.3) is 0 Å². The van der Waals surface area contributed by atoms with Crippen molar-refractivity contribution in [3.05, 3.63) is 0 Å². The normalized spacial score (nSPS) is 44.0. The third kappa shape index (κ3) is 1.39. The summed E-state index contributed by atoms with van der Waals surface area (Å²) in [5, 5.41) is 0. The molecular weight excluding hydrogens is 146 g/mol. The zero-order chi connectivity index (χ0) is 8.55. The highest BCUT2D eigenvalue weighted by Gasteiger charge is 2.35. The van der Waals surface area contributed by atoms with Gasteiger partial charge in [-0.3, -0.25) is 0 Å². The molecule has 12 heavy (non-hydrogen) atoms. The van der Waals surface area contributed by atoms with Gasteiger partial charge in [-0.15, -0.1) is 0 Å². The van der Waals surface area contributed by atoms with Crippen LogP contribution in [0.4, 0.5) is 0 Å². The van der Waals surface area contributed by atoms with Crippen molar-refractivity contribution in [2.24, 2.45) is 11.8 Å². The molecule has 0 bridgehead atoms. The number of fused-ring (bicyclic) bond motifs is 1. The summed E-state index contributed by atoms with van der Waals surface area (Å²) in [6, 6.07) is 0.924. The smallest absolute Gasteiger partial charge is 0.0146 e. The number of rotatable bonds is 0. The van der Waals surface area contributed by atoms with E-state index in [2.05, 4.69) is 18.9 Å². The molecule has 2 rings (SSSR count). The van der Waals surface area contributed by atoms with E-state index < -0.39 is 0 Å². The molecule has 2 fully saturated rings. The van der Waals surface area contributed by atoms with Gasteiger partial charge in [-0.2, -0.15) is 0 Å². The van der Waals surface area contributed by atoms with Crippen molar-refractivity contribution in [3.8, 4) is 0 Å². The fourth-order valence-electron chi connectivity index (χ4n) is 3.37. The SMILES string of the molecule is CC1CCCC2CCCN(C)C12. The molecule has 2 aliphatic rings. The second-order valence-corrected chi connectivity index (χ2v) is 4.78. The molecule has 70 valence electrons. The summed E-state index contributed by atoms with van der Waals surface area (Å²) < 4.78 is 0. The molecule has 1 saturated heterocycles. The molecule has 1 heteroatoms. The summed E-state index contributed by atoms with van der Waals surface area (Å²) in [6.07, 6.45) is 7.38. The van der Waals surface area contributed by atoms with Crippen LogP contribution in [-0.4, -0.2) is 24.5 Å². The molecule has 0 spiro atoms. The van der Waals surface area contributed by atoms with Crippen molar-refractivity contribution in [1.29, 1.82) is 0 Å². The molecule has 0 N–H and O–H groups in total. The molecule has 0 radical (unpaired) electrons. The Bertz CT molecular complexity index is 139. The van der Waals surface area contributed by atoms with Gasteiger partial charge in [-0.25, -0.2) is 0 Å². The maximum absolute atomic E-state index is 2.61. The van der Waals surface area contributed by atoms with E-state index in [0.717, 1.165) is 17.9 Å². The first-order valence-electron chi connectivity index (χ1n) is 5.49. The minimum Gasteiger partial charge on any atom is -0.303 e. The van der Waals surface area contributed by atoms with Gasteiger partial charge in [0.05, 0.1) is 0 Å². The molecule has 1 aliphatic carbocycles. The lowest BCUT2D eigenvalue weighted by atomic mass is 9.73. The molecule has 3 atom stereocenters. The standard InChI is InChI=1S/C11H21N/c1-9-5-3-6-10-7-4-8-12(2)11(9)10/h9-11H,3-8H2,1-2H3. The average molecular weight is 167 g/mol. The zero-order valence-electron chi connectivity index (χ0n) is 8.42. The summed E-state index contributed by atoms with van der Waals surface area (Å²) in [4.78, 5) is 2.61. The summed E-state index contributed by atoms with van der Waals surface area (Å²) in [5.41, 5.74) is 0. The van der Waals surface area contributed by atoms with E-state index in [-0.39, 0.29) is 0 Å². The van der Waals surface area contributed by atoms with E-state index in [9.17, 15) is 0 Å². The molecule has 0 aromatic rings. The van der Waals surface area contributed by atoms with Crippen LogP contribution in [0.5, 0.6) is 0 Å². The van der Waals surface area contributed by atoms with Gasteiger partial charge in [0.15, 0.2) is 0 Å². The number of piperidine rings is 1. The Morgan fingerprint density at radius 1 is 1.08 bits per heavy atom. The van der Waals surface area contributed by atoms with Gasteiger partial charge in [0.2, 0.25) is 0 Å². The first-order chi connectivity index (χ1) is 5.79. The number of likely N-dealkylation sites (tertiary alicyclic amines) is 1. The Hall–Kier alpha value is -0.0400. The van der Waals surface area contributed by atoms with Gasteiger partial charge in [-0.05, 0) is 51.1 Å². The van der Waals surface area contributed by atoms with Crippen LogP contribution >= 0.6 is 0 Å². The van der Waals surface area contributed by atoms with Crippen molar-refractivity contribution < 1.29 is 0 Å². The van der Waals surface area contributed by atoms with Crippen molar-refractivity contribution in [3.63, 3.8) is 0 Å². The van der Waals surface area contributed by atoms with Crippen LogP contribution in [0, 0.1) is 11.8 Å². The van der Waals surface area contributed by atoms with E-state index >= 15 is 0 Å². The highest BCUT2D eigenvalue weighted by atomic mass is 15.1. The molecule has 0 aromatic heterocycles. The Morgan fingerprint density at radius 2 is 1.83 bits per heavy atom. The van der Waals surface area contributed by atoms with Crippen molar-refractivity contribution in [1.82, 2.24) is 4.90 Å². The van der Waals surface area contributed by atoms with Crippen LogP contribution in [0.3, 0.4) is 0 Å². The largest absolute Gasteiger partial charge is 0.303 e. The summed E-state index contributed by atoms with van der Waals surface area (Å²) in [7, 11) is 2.32. The highest BCUT2D eigenvalue weighted by Crippen LogP contribution is 2.37. The van der Waals surface area contributed by atoms with E-state index in [1.165, 1.54) is 38.6 Å². The third-order valence-electron chi connectivity index (χ3n) is 3.90.